The summed E-state index contributed by atoms with van der Waals surface area (Å²) in [5.41, 5.74) is 0.584. The number of rotatable bonds is 2. The molecule has 2 heterocycles. The Morgan fingerprint density at radius 3 is 3.07 bits per heavy atom. The van der Waals surface area contributed by atoms with Crippen LogP contribution >= 0.6 is 0 Å². The van der Waals surface area contributed by atoms with Crippen LogP contribution in [0, 0.1) is 0 Å². The number of aryl methyl sites for hydroxylation is 1. The van der Waals surface area contributed by atoms with E-state index in [1.807, 2.05) is 6.08 Å². The van der Waals surface area contributed by atoms with Gasteiger partial charge in [0.25, 0.3) is 0 Å². The molecule has 0 aromatic carbocycles. The lowest BCUT2D eigenvalue weighted by atomic mass is 10.1. The summed E-state index contributed by atoms with van der Waals surface area (Å²) < 4.78 is 6.89. The Morgan fingerprint density at radius 1 is 1.64 bits per heavy atom. The Kier molecular flexibility index (Phi) is 2.35. The van der Waals surface area contributed by atoms with Gasteiger partial charge in [0.05, 0.1) is 18.4 Å². The van der Waals surface area contributed by atoms with Gasteiger partial charge in [-0.15, -0.1) is 0 Å². The van der Waals surface area contributed by atoms with Gasteiger partial charge in [-0.3, -0.25) is 9.48 Å². The third kappa shape index (κ3) is 1.69. The van der Waals surface area contributed by atoms with Crippen molar-refractivity contribution in [2.45, 2.75) is 12.8 Å². The Morgan fingerprint density at radius 2 is 2.50 bits per heavy atom. The number of hydrogen-bond donors (Lipinski definition) is 0. The van der Waals surface area contributed by atoms with Crippen molar-refractivity contribution in [2.75, 3.05) is 6.61 Å². The first-order chi connectivity index (χ1) is 6.77. The fourth-order valence-corrected chi connectivity index (χ4v) is 1.40. The smallest absolute Gasteiger partial charge is 0.230 e. The number of aromatic nitrogens is 2. The maximum absolute atomic E-state index is 11.8. The van der Waals surface area contributed by atoms with Crippen molar-refractivity contribution in [3.63, 3.8) is 0 Å². The van der Waals surface area contributed by atoms with Crippen LogP contribution in [0.5, 0.6) is 0 Å². The van der Waals surface area contributed by atoms with E-state index >= 15 is 0 Å². The molecule has 74 valence electrons. The SMILES string of the molecule is Cn1cc(C(=O)C2=CCCCO2)cn1. The summed E-state index contributed by atoms with van der Waals surface area (Å²) >= 11 is 0. The highest BCUT2D eigenvalue weighted by atomic mass is 16.5. The van der Waals surface area contributed by atoms with E-state index in [0.29, 0.717) is 17.9 Å². The van der Waals surface area contributed by atoms with Crippen LogP contribution < -0.4 is 0 Å². The predicted octanol–water partition coefficient (Wildman–Crippen LogP) is 1.30. The zero-order valence-corrected chi connectivity index (χ0v) is 8.06. The van der Waals surface area contributed by atoms with E-state index in [0.717, 1.165) is 12.8 Å². The van der Waals surface area contributed by atoms with E-state index < -0.39 is 0 Å². The van der Waals surface area contributed by atoms with E-state index in [2.05, 4.69) is 5.10 Å². The highest BCUT2D eigenvalue weighted by Crippen LogP contribution is 2.14. The van der Waals surface area contributed by atoms with Gasteiger partial charge in [-0.1, -0.05) is 0 Å². The lowest BCUT2D eigenvalue weighted by Gasteiger charge is -2.12. The van der Waals surface area contributed by atoms with Crippen molar-refractivity contribution in [1.82, 2.24) is 9.78 Å². The van der Waals surface area contributed by atoms with E-state index in [-0.39, 0.29) is 5.78 Å². The molecule has 2 rings (SSSR count). The van der Waals surface area contributed by atoms with Crippen LogP contribution in [-0.4, -0.2) is 22.2 Å². The monoisotopic (exact) mass is 192 g/mol. The fourth-order valence-electron chi connectivity index (χ4n) is 1.40. The molecule has 4 nitrogen and oxygen atoms in total. The molecule has 0 aliphatic carbocycles. The van der Waals surface area contributed by atoms with E-state index in [1.165, 1.54) is 0 Å². The minimum Gasteiger partial charge on any atom is -0.490 e. The Labute approximate surface area is 82.2 Å². The van der Waals surface area contributed by atoms with Gasteiger partial charge in [-0.2, -0.15) is 5.10 Å². The van der Waals surface area contributed by atoms with Crippen molar-refractivity contribution >= 4 is 5.78 Å². The molecule has 1 aromatic heterocycles. The summed E-state index contributed by atoms with van der Waals surface area (Å²) in [5.74, 6) is 0.391. The summed E-state index contributed by atoms with van der Waals surface area (Å²) in [6.07, 6.45) is 7.01. The van der Waals surface area contributed by atoms with Gasteiger partial charge in [0, 0.05) is 13.2 Å². The first-order valence-electron chi connectivity index (χ1n) is 4.63. The molecule has 14 heavy (non-hydrogen) atoms. The quantitative estimate of drug-likeness (QED) is 0.663. The number of hydrogen-bond acceptors (Lipinski definition) is 3. The molecular formula is C10H12N2O2. The summed E-state index contributed by atoms with van der Waals surface area (Å²) in [6.45, 7) is 0.637. The van der Waals surface area contributed by atoms with Gasteiger partial charge < -0.3 is 4.74 Å². The predicted molar refractivity (Wildman–Crippen MR) is 50.8 cm³/mol. The fraction of sp³-hybridized carbons (Fsp3) is 0.400. The summed E-state index contributed by atoms with van der Waals surface area (Å²) in [5, 5.41) is 3.95. The lowest BCUT2D eigenvalue weighted by molar-refractivity contribution is 0.0899. The van der Waals surface area contributed by atoms with Crippen LogP contribution in [0.15, 0.2) is 24.2 Å². The molecule has 0 unspecified atom stereocenters. The minimum absolute atomic E-state index is 0.0715. The molecule has 4 heteroatoms. The van der Waals surface area contributed by atoms with E-state index in [1.54, 1.807) is 24.1 Å². The number of ether oxygens (including phenoxy) is 1. The second-order valence-electron chi connectivity index (χ2n) is 3.29. The summed E-state index contributed by atoms with van der Waals surface area (Å²) in [6, 6.07) is 0. The largest absolute Gasteiger partial charge is 0.490 e. The molecule has 0 amide bonds. The lowest BCUT2D eigenvalue weighted by Crippen LogP contribution is -2.10. The van der Waals surface area contributed by atoms with Gasteiger partial charge in [-0.05, 0) is 18.9 Å². The van der Waals surface area contributed by atoms with Crippen molar-refractivity contribution < 1.29 is 9.53 Å². The maximum atomic E-state index is 11.8. The second-order valence-corrected chi connectivity index (χ2v) is 3.29. The molecular weight excluding hydrogens is 180 g/mol. The van der Waals surface area contributed by atoms with E-state index in [9.17, 15) is 4.79 Å². The number of allylic oxidation sites excluding steroid dienone is 2. The molecule has 0 atom stereocenters. The normalized spacial score (nSPS) is 15.9. The van der Waals surface area contributed by atoms with Gasteiger partial charge >= 0.3 is 0 Å². The van der Waals surface area contributed by atoms with Crippen LogP contribution in [0.4, 0.5) is 0 Å². The van der Waals surface area contributed by atoms with Gasteiger partial charge in [0.2, 0.25) is 5.78 Å². The average molecular weight is 192 g/mol. The molecule has 0 bridgehead atoms. The second kappa shape index (κ2) is 3.65. The molecule has 0 fully saturated rings. The molecule has 0 saturated carbocycles. The number of carbonyl (C=O) groups excluding carboxylic acids is 1. The average Bonchev–Trinajstić information content (AvgIpc) is 2.65. The molecule has 1 aliphatic heterocycles. The minimum atomic E-state index is -0.0715. The standard InChI is InChI=1S/C10H12N2O2/c1-12-7-8(6-11-12)10(13)9-4-2-3-5-14-9/h4,6-7H,2-3,5H2,1H3. The highest BCUT2D eigenvalue weighted by Gasteiger charge is 2.16. The first kappa shape index (κ1) is 8.99. The molecule has 1 aromatic rings. The van der Waals surface area contributed by atoms with Crippen molar-refractivity contribution in [2.24, 2.45) is 7.05 Å². The highest BCUT2D eigenvalue weighted by molar-refractivity contribution is 6.07. The van der Waals surface area contributed by atoms with Gasteiger partial charge in [0.15, 0.2) is 5.76 Å². The van der Waals surface area contributed by atoms with Crippen LogP contribution in [-0.2, 0) is 11.8 Å². The molecule has 0 spiro atoms. The van der Waals surface area contributed by atoms with Crippen molar-refractivity contribution in [1.29, 1.82) is 0 Å². The molecule has 0 radical (unpaired) electrons. The topological polar surface area (TPSA) is 44.1 Å². The molecule has 0 saturated heterocycles. The molecule has 1 aliphatic rings. The Balaban J connectivity index is 2.19. The van der Waals surface area contributed by atoms with Crippen molar-refractivity contribution in [3.8, 4) is 0 Å². The van der Waals surface area contributed by atoms with Crippen molar-refractivity contribution in [3.05, 3.63) is 29.8 Å². The molecule has 0 N–H and O–H groups in total. The Bertz CT molecular complexity index is 379. The van der Waals surface area contributed by atoms with Crippen LogP contribution in [0.25, 0.3) is 0 Å². The number of ketones is 1. The maximum Gasteiger partial charge on any atom is 0.230 e. The zero-order chi connectivity index (χ0) is 9.97. The van der Waals surface area contributed by atoms with Gasteiger partial charge in [-0.25, -0.2) is 0 Å². The first-order valence-corrected chi connectivity index (χ1v) is 4.63. The summed E-state index contributed by atoms with van der Waals surface area (Å²) in [4.78, 5) is 11.8. The van der Waals surface area contributed by atoms with Crippen LogP contribution in [0.3, 0.4) is 0 Å². The van der Waals surface area contributed by atoms with E-state index in [4.69, 9.17) is 4.74 Å². The summed E-state index contributed by atoms with van der Waals surface area (Å²) in [7, 11) is 1.78. The number of nitrogens with zero attached hydrogens (tertiary/aromatic N) is 2. The van der Waals surface area contributed by atoms with Gasteiger partial charge in [0.1, 0.15) is 0 Å². The number of carbonyl (C=O) groups is 1. The van der Waals surface area contributed by atoms with Crippen LogP contribution in [0.2, 0.25) is 0 Å². The zero-order valence-electron chi connectivity index (χ0n) is 8.06. The third-order valence-electron chi connectivity index (χ3n) is 2.13. The van der Waals surface area contributed by atoms with Crippen LogP contribution in [0.1, 0.15) is 23.2 Å². The number of Topliss-reactive ketones (excluding diaryl/α,β-unsaturated/α-hetero) is 1. The third-order valence-corrected chi connectivity index (χ3v) is 2.13. The Hall–Kier alpha value is -1.58.